The lowest BCUT2D eigenvalue weighted by Crippen LogP contribution is -2.31. The van der Waals surface area contributed by atoms with Crippen LogP contribution in [-0.2, 0) is 17.9 Å². The zero-order valence-electron chi connectivity index (χ0n) is 15.4. The lowest BCUT2D eigenvalue weighted by molar-refractivity contribution is -0.130. The van der Waals surface area contributed by atoms with E-state index in [0.717, 1.165) is 5.69 Å². The van der Waals surface area contributed by atoms with Crippen LogP contribution in [0, 0.1) is 13.8 Å². The third-order valence-electron chi connectivity index (χ3n) is 4.10. The molecular formula is C18H20N6O3. The molecule has 0 aliphatic rings. The van der Waals surface area contributed by atoms with E-state index in [-0.39, 0.29) is 35.9 Å². The van der Waals surface area contributed by atoms with Gasteiger partial charge in [0.2, 0.25) is 5.91 Å². The van der Waals surface area contributed by atoms with Gasteiger partial charge in [0.15, 0.2) is 5.82 Å². The maximum atomic E-state index is 12.7. The second kappa shape index (κ2) is 7.90. The first kappa shape index (κ1) is 18.4. The van der Waals surface area contributed by atoms with Crippen LogP contribution >= 0.6 is 0 Å². The van der Waals surface area contributed by atoms with Crippen molar-refractivity contribution in [2.24, 2.45) is 0 Å². The molecule has 0 N–H and O–H groups in total. The summed E-state index contributed by atoms with van der Waals surface area (Å²) in [6, 6.07) is 5.56. The number of nitrogens with zero attached hydrogens (tertiary/aromatic N) is 6. The monoisotopic (exact) mass is 368 g/mol. The number of aryl methyl sites for hydroxylation is 2. The van der Waals surface area contributed by atoms with Crippen LogP contribution in [0.25, 0.3) is 11.5 Å². The minimum atomic E-state index is -0.314. The van der Waals surface area contributed by atoms with E-state index in [4.69, 9.17) is 4.52 Å². The van der Waals surface area contributed by atoms with Gasteiger partial charge in [0.1, 0.15) is 11.4 Å². The van der Waals surface area contributed by atoms with E-state index in [1.54, 1.807) is 32.0 Å². The number of hydrogen-bond acceptors (Lipinski definition) is 7. The highest BCUT2D eigenvalue weighted by molar-refractivity contribution is 5.75. The largest absolute Gasteiger partial charge is 0.340 e. The summed E-state index contributed by atoms with van der Waals surface area (Å²) in [6.45, 7) is 4.01. The van der Waals surface area contributed by atoms with Gasteiger partial charge in [-0.1, -0.05) is 11.2 Å². The van der Waals surface area contributed by atoms with Crippen molar-refractivity contribution < 1.29 is 9.32 Å². The Balaban J connectivity index is 1.72. The Bertz CT molecular complexity index is 996. The van der Waals surface area contributed by atoms with E-state index < -0.39 is 0 Å². The van der Waals surface area contributed by atoms with Crippen molar-refractivity contribution in [1.82, 2.24) is 29.6 Å². The van der Waals surface area contributed by atoms with Crippen LogP contribution in [0.1, 0.15) is 23.8 Å². The molecule has 0 saturated carbocycles. The first-order valence-electron chi connectivity index (χ1n) is 8.46. The Morgan fingerprint density at radius 3 is 2.74 bits per heavy atom. The summed E-state index contributed by atoms with van der Waals surface area (Å²) in [6.07, 6.45) is 3.27. The van der Waals surface area contributed by atoms with Gasteiger partial charge in [-0.25, -0.2) is 4.98 Å². The molecule has 3 aromatic heterocycles. The highest BCUT2D eigenvalue weighted by Crippen LogP contribution is 2.12. The van der Waals surface area contributed by atoms with E-state index in [0.29, 0.717) is 18.2 Å². The van der Waals surface area contributed by atoms with Gasteiger partial charge in [0.05, 0.1) is 12.2 Å². The number of carbonyl (C=O) groups excluding carboxylic acids is 1. The lowest BCUT2D eigenvalue weighted by Gasteiger charge is -2.17. The molecule has 0 aromatic carbocycles. The summed E-state index contributed by atoms with van der Waals surface area (Å²) in [5.74, 6) is 0.978. The Morgan fingerprint density at radius 1 is 1.26 bits per heavy atom. The number of pyridine rings is 1. The molecule has 0 saturated heterocycles. The van der Waals surface area contributed by atoms with Crippen molar-refractivity contribution in [1.29, 1.82) is 0 Å². The Morgan fingerprint density at radius 2 is 2.07 bits per heavy atom. The predicted molar refractivity (Wildman–Crippen MR) is 96.6 cm³/mol. The Kier molecular flexibility index (Phi) is 5.39. The second-order valence-electron chi connectivity index (χ2n) is 6.14. The van der Waals surface area contributed by atoms with Crippen molar-refractivity contribution in [3.05, 3.63) is 58.3 Å². The third-order valence-corrected chi connectivity index (χ3v) is 4.10. The molecule has 3 aromatic rings. The molecule has 0 unspecified atom stereocenters. The molecule has 9 heteroatoms. The number of rotatable bonds is 6. The second-order valence-corrected chi connectivity index (χ2v) is 6.14. The van der Waals surface area contributed by atoms with Crippen molar-refractivity contribution in [3.63, 3.8) is 0 Å². The van der Waals surface area contributed by atoms with Crippen molar-refractivity contribution in [2.45, 2.75) is 33.4 Å². The minimum Gasteiger partial charge on any atom is -0.340 e. The smallest absolute Gasteiger partial charge is 0.266 e. The SMILES string of the molecule is Cc1noc(-c2cnc(C)n(CCC(=O)N(C)Cc3ccccn3)c2=O)n1. The molecule has 0 atom stereocenters. The average molecular weight is 368 g/mol. The molecule has 9 nitrogen and oxygen atoms in total. The molecule has 0 aliphatic carbocycles. The zero-order valence-corrected chi connectivity index (χ0v) is 15.4. The van der Waals surface area contributed by atoms with Gasteiger partial charge in [-0.05, 0) is 26.0 Å². The van der Waals surface area contributed by atoms with E-state index in [2.05, 4.69) is 20.1 Å². The Labute approximate surface area is 155 Å². The molecule has 1 amide bonds. The fourth-order valence-electron chi connectivity index (χ4n) is 2.61. The van der Waals surface area contributed by atoms with Gasteiger partial charge in [-0.3, -0.25) is 19.1 Å². The molecule has 0 radical (unpaired) electrons. The van der Waals surface area contributed by atoms with Crippen LogP contribution in [0.2, 0.25) is 0 Å². The van der Waals surface area contributed by atoms with Crippen molar-refractivity contribution >= 4 is 5.91 Å². The van der Waals surface area contributed by atoms with E-state index in [9.17, 15) is 9.59 Å². The van der Waals surface area contributed by atoms with Gasteiger partial charge < -0.3 is 9.42 Å². The average Bonchev–Trinajstić information content (AvgIpc) is 3.08. The summed E-state index contributed by atoms with van der Waals surface area (Å²) in [7, 11) is 1.71. The number of carbonyl (C=O) groups is 1. The lowest BCUT2D eigenvalue weighted by atomic mass is 10.3. The highest BCUT2D eigenvalue weighted by atomic mass is 16.5. The van der Waals surface area contributed by atoms with Gasteiger partial charge in [-0.15, -0.1) is 0 Å². The number of amides is 1. The molecule has 27 heavy (non-hydrogen) atoms. The maximum absolute atomic E-state index is 12.7. The molecule has 0 bridgehead atoms. The summed E-state index contributed by atoms with van der Waals surface area (Å²) < 4.78 is 6.51. The summed E-state index contributed by atoms with van der Waals surface area (Å²) >= 11 is 0. The van der Waals surface area contributed by atoms with Gasteiger partial charge in [0.25, 0.3) is 11.4 Å². The fraction of sp³-hybridized carbons (Fsp3) is 0.333. The van der Waals surface area contributed by atoms with Crippen LogP contribution < -0.4 is 5.56 Å². The van der Waals surface area contributed by atoms with Gasteiger partial charge in [-0.2, -0.15) is 4.98 Å². The summed E-state index contributed by atoms with van der Waals surface area (Å²) in [4.78, 5) is 39.2. The molecule has 0 aliphatic heterocycles. The molecule has 0 fully saturated rings. The Hall–Kier alpha value is -3.36. The van der Waals surface area contributed by atoms with Gasteiger partial charge in [0, 0.05) is 32.4 Å². The summed E-state index contributed by atoms with van der Waals surface area (Å²) in [5, 5.41) is 3.69. The topological polar surface area (TPSA) is 107 Å². The van der Waals surface area contributed by atoms with E-state index >= 15 is 0 Å². The predicted octanol–water partition coefficient (Wildman–Crippen LogP) is 1.35. The quantitative estimate of drug-likeness (QED) is 0.646. The van der Waals surface area contributed by atoms with Crippen LogP contribution in [0.5, 0.6) is 0 Å². The minimum absolute atomic E-state index is 0.0917. The zero-order chi connectivity index (χ0) is 19.4. The van der Waals surface area contributed by atoms with Crippen LogP contribution in [-0.4, -0.2) is 42.5 Å². The third kappa shape index (κ3) is 4.25. The highest BCUT2D eigenvalue weighted by Gasteiger charge is 2.17. The van der Waals surface area contributed by atoms with Crippen LogP contribution in [0.4, 0.5) is 0 Å². The van der Waals surface area contributed by atoms with Crippen molar-refractivity contribution in [3.8, 4) is 11.5 Å². The summed E-state index contributed by atoms with van der Waals surface area (Å²) in [5.41, 5.74) is 0.707. The number of hydrogen-bond donors (Lipinski definition) is 0. The molecule has 140 valence electrons. The van der Waals surface area contributed by atoms with Crippen LogP contribution in [0.15, 0.2) is 39.9 Å². The molecule has 3 heterocycles. The maximum Gasteiger partial charge on any atom is 0.266 e. The molecule has 0 spiro atoms. The molecular weight excluding hydrogens is 348 g/mol. The molecule has 3 rings (SSSR count). The first-order valence-corrected chi connectivity index (χ1v) is 8.46. The van der Waals surface area contributed by atoms with Crippen molar-refractivity contribution in [2.75, 3.05) is 7.05 Å². The van der Waals surface area contributed by atoms with E-state index in [1.807, 2.05) is 18.2 Å². The van der Waals surface area contributed by atoms with Crippen LogP contribution in [0.3, 0.4) is 0 Å². The first-order chi connectivity index (χ1) is 13.0. The number of aromatic nitrogens is 5. The normalized spacial score (nSPS) is 10.8. The van der Waals surface area contributed by atoms with E-state index in [1.165, 1.54) is 10.8 Å². The standard InChI is InChI=1S/C18H20N6O3/c1-12-21-17(27-22-12)15-10-20-13(2)24(18(15)26)9-7-16(25)23(3)11-14-6-4-5-8-19-14/h4-6,8,10H,7,9,11H2,1-3H3. The fourth-order valence-corrected chi connectivity index (χ4v) is 2.61. The van der Waals surface area contributed by atoms with Gasteiger partial charge >= 0.3 is 0 Å².